The number of carbonyl (C=O) groups is 2. The molecule has 6 nitrogen and oxygen atoms in total. The minimum atomic E-state index is -0.457. The number of nitrogens with zero attached hydrogens (tertiary/aromatic N) is 2. The molecule has 0 radical (unpaired) electrons. The number of rotatable bonds is 5. The second kappa shape index (κ2) is 7.86. The molecule has 0 spiro atoms. The van der Waals surface area contributed by atoms with Crippen LogP contribution in [0.1, 0.15) is 12.0 Å². The van der Waals surface area contributed by atoms with Gasteiger partial charge >= 0.3 is 0 Å². The van der Waals surface area contributed by atoms with Crippen LogP contribution >= 0.6 is 11.6 Å². The van der Waals surface area contributed by atoms with Crippen LogP contribution in [0.15, 0.2) is 60.8 Å². The molecule has 2 amide bonds. The van der Waals surface area contributed by atoms with Crippen LogP contribution in [0.4, 0.5) is 5.82 Å². The summed E-state index contributed by atoms with van der Waals surface area (Å²) in [7, 11) is 0. The molecule has 2 heterocycles. The average molecular weight is 395 g/mol. The van der Waals surface area contributed by atoms with E-state index in [1.54, 1.807) is 23.0 Å². The molecule has 1 aliphatic heterocycles. The Kier molecular flexibility index (Phi) is 5.12. The summed E-state index contributed by atoms with van der Waals surface area (Å²) in [4.78, 5) is 24.8. The fourth-order valence-corrected chi connectivity index (χ4v) is 3.38. The number of aromatic nitrogens is 2. The molecule has 142 valence electrons. The molecule has 1 aliphatic rings. The Labute approximate surface area is 167 Å². The van der Waals surface area contributed by atoms with Crippen LogP contribution in [0.5, 0.6) is 0 Å². The van der Waals surface area contributed by atoms with E-state index in [0.29, 0.717) is 23.9 Å². The van der Waals surface area contributed by atoms with Crippen LogP contribution < -0.4 is 10.6 Å². The van der Waals surface area contributed by atoms with E-state index in [1.807, 2.05) is 42.5 Å². The van der Waals surface area contributed by atoms with Gasteiger partial charge in [0, 0.05) is 23.6 Å². The van der Waals surface area contributed by atoms with Crippen molar-refractivity contribution in [1.29, 1.82) is 0 Å². The molecule has 0 unspecified atom stereocenters. The highest BCUT2D eigenvalue weighted by Gasteiger charge is 2.30. The highest BCUT2D eigenvalue weighted by molar-refractivity contribution is 6.30. The van der Waals surface area contributed by atoms with Gasteiger partial charge in [0.05, 0.1) is 18.7 Å². The molecule has 3 aromatic rings. The number of amides is 2. The monoisotopic (exact) mass is 394 g/mol. The number of hydrogen-bond donors (Lipinski definition) is 2. The number of halogens is 1. The van der Waals surface area contributed by atoms with Crippen LogP contribution in [-0.2, 0) is 22.7 Å². The Balaban J connectivity index is 1.42. The fourth-order valence-electron chi connectivity index (χ4n) is 3.26. The van der Waals surface area contributed by atoms with Gasteiger partial charge in [-0.05, 0) is 23.3 Å². The van der Waals surface area contributed by atoms with Gasteiger partial charge in [0.2, 0.25) is 11.8 Å². The Morgan fingerprint density at radius 3 is 2.68 bits per heavy atom. The Morgan fingerprint density at radius 2 is 1.93 bits per heavy atom. The fraction of sp³-hybridized carbons (Fsp3) is 0.190. The van der Waals surface area contributed by atoms with Crippen LogP contribution in [0, 0.1) is 5.92 Å². The Hall–Kier alpha value is -3.12. The topological polar surface area (TPSA) is 76.0 Å². The molecule has 0 aliphatic carbocycles. The van der Waals surface area contributed by atoms with Crippen molar-refractivity contribution < 1.29 is 9.59 Å². The smallest absolute Gasteiger partial charge is 0.231 e. The summed E-state index contributed by atoms with van der Waals surface area (Å²) in [6, 6.07) is 17.0. The largest absolute Gasteiger partial charge is 0.352 e. The summed E-state index contributed by atoms with van der Waals surface area (Å²) in [5.74, 6) is -0.134. The zero-order valence-electron chi connectivity index (χ0n) is 15.1. The molecule has 4 rings (SSSR count). The zero-order valence-corrected chi connectivity index (χ0v) is 15.8. The highest BCUT2D eigenvalue weighted by atomic mass is 35.5. The van der Waals surface area contributed by atoms with E-state index in [2.05, 4.69) is 15.7 Å². The van der Waals surface area contributed by atoms with Gasteiger partial charge in [0.1, 0.15) is 5.82 Å². The van der Waals surface area contributed by atoms with E-state index >= 15 is 0 Å². The van der Waals surface area contributed by atoms with Crippen LogP contribution in [0.25, 0.3) is 11.1 Å². The van der Waals surface area contributed by atoms with Crippen LogP contribution in [0.3, 0.4) is 0 Å². The molecule has 1 atom stereocenters. The van der Waals surface area contributed by atoms with E-state index < -0.39 is 5.92 Å². The lowest BCUT2D eigenvalue weighted by molar-refractivity contribution is -0.128. The second-order valence-electron chi connectivity index (χ2n) is 6.75. The van der Waals surface area contributed by atoms with Crippen molar-refractivity contribution >= 4 is 29.2 Å². The first kappa shape index (κ1) is 18.3. The number of benzene rings is 2. The Bertz CT molecular complexity index is 999. The van der Waals surface area contributed by atoms with Gasteiger partial charge in [-0.1, -0.05) is 54.1 Å². The van der Waals surface area contributed by atoms with E-state index in [0.717, 1.165) is 16.7 Å². The molecule has 0 bridgehead atoms. The second-order valence-corrected chi connectivity index (χ2v) is 7.18. The number of hydrogen-bond acceptors (Lipinski definition) is 3. The lowest BCUT2D eigenvalue weighted by Gasteiger charge is -2.24. The maximum Gasteiger partial charge on any atom is 0.231 e. The molecule has 28 heavy (non-hydrogen) atoms. The molecule has 0 saturated carbocycles. The summed E-state index contributed by atoms with van der Waals surface area (Å²) in [6.45, 7) is 0.815. The van der Waals surface area contributed by atoms with E-state index in [4.69, 9.17) is 11.6 Å². The summed E-state index contributed by atoms with van der Waals surface area (Å²) < 4.78 is 1.74. The first-order chi connectivity index (χ1) is 13.6. The minimum absolute atomic E-state index is 0.119. The molecule has 2 N–H and O–H groups in total. The van der Waals surface area contributed by atoms with Crippen molar-refractivity contribution in [3.8, 4) is 11.1 Å². The van der Waals surface area contributed by atoms with Crippen LogP contribution in [0.2, 0.25) is 5.02 Å². The summed E-state index contributed by atoms with van der Waals surface area (Å²) >= 11 is 5.94. The summed E-state index contributed by atoms with van der Waals surface area (Å²) in [6.07, 6.45) is 1.84. The van der Waals surface area contributed by atoms with Gasteiger partial charge in [0.15, 0.2) is 0 Å². The SMILES string of the molecule is O=C(C[C@H]1Cn2ncc(-c3ccc(Cl)cc3)c2NC1=O)NCc1ccccc1. The molecule has 0 fully saturated rings. The van der Waals surface area contributed by atoms with Crippen molar-refractivity contribution in [2.45, 2.75) is 19.5 Å². The summed E-state index contributed by atoms with van der Waals surface area (Å²) in [5, 5.41) is 10.8. The molecule has 2 aromatic carbocycles. The lowest BCUT2D eigenvalue weighted by Crippen LogP contribution is -2.37. The molecular formula is C21H19ClN4O2. The van der Waals surface area contributed by atoms with E-state index in [9.17, 15) is 9.59 Å². The maximum atomic E-state index is 12.5. The first-order valence-electron chi connectivity index (χ1n) is 9.03. The van der Waals surface area contributed by atoms with Crippen molar-refractivity contribution in [1.82, 2.24) is 15.1 Å². The van der Waals surface area contributed by atoms with E-state index in [-0.39, 0.29) is 18.2 Å². The van der Waals surface area contributed by atoms with Gasteiger partial charge < -0.3 is 10.6 Å². The predicted octanol–water partition coefficient (Wildman–Crippen LogP) is 3.48. The number of nitrogens with one attached hydrogen (secondary N) is 2. The third kappa shape index (κ3) is 3.92. The molecule has 7 heteroatoms. The van der Waals surface area contributed by atoms with E-state index in [1.165, 1.54) is 0 Å². The number of fused-ring (bicyclic) bond motifs is 1. The molecule has 0 saturated heterocycles. The number of carbonyl (C=O) groups excluding carboxylic acids is 2. The van der Waals surface area contributed by atoms with Crippen molar-refractivity contribution in [3.05, 3.63) is 71.4 Å². The maximum absolute atomic E-state index is 12.5. The first-order valence-corrected chi connectivity index (χ1v) is 9.41. The predicted molar refractivity (Wildman–Crippen MR) is 108 cm³/mol. The van der Waals surface area contributed by atoms with Crippen molar-refractivity contribution in [2.75, 3.05) is 5.32 Å². The average Bonchev–Trinajstić information content (AvgIpc) is 3.10. The third-order valence-electron chi connectivity index (χ3n) is 4.76. The van der Waals surface area contributed by atoms with Crippen LogP contribution in [-0.4, -0.2) is 21.6 Å². The Morgan fingerprint density at radius 1 is 1.18 bits per heavy atom. The third-order valence-corrected chi connectivity index (χ3v) is 5.02. The summed E-state index contributed by atoms with van der Waals surface area (Å²) in [5.41, 5.74) is 2.77. The van der Waals surface area contributed by atoms with Gasteiger partial charge in [-0.15, -0.1) is 0 Å². The molecular weight excluding hydrogens is 376 g/mol. The van der Waals surface area contributed by atoms with Crippen molar-refractivity contribution in [2.24, 2.45) is 5.92 Å². The van der Waals surface area contributed by atoms with Gasteiger partial charge in [-0.3, -0.25) is 9.59 Å². The quantitative estimate of drug-likeness (QED) is 0.695. The van der Waals surface area contributed by atoms with Crippen molar-refractivity contribution in [3.63, 3.8) is 0 Å². The standard InChI is InChI=1S/C21H19ClN4O2/c22-17-8-6-15(7-9-17)18-12-24-26-13-16(21(28)25-20(18)26)10-19(27)23-11-14-4-2-1-3-5-14/h1-9,12,16H,10-11,13H2,(H,23,27)(H,25,28)/t16-/m0/s1. The lowest BCUT2D eigenvalue weighted by atomic mass is 10.0. The normalized spacial score (nSPS) is 15.6. The zero-order chi connectivity index (χ0) is 19.5. The molecule has 1 aromatic heterocycles. The number of anilines is 1. The van der Waals surface area contributed by atoms with Gasteiger partial charge in [-0.2, -0.15) is 5.10 Å². The van der Waals surface area contributed by atoms with Gasteiger partial charge in [0.25, 0.3) is 0 Å². The minimum Gasteiger partial charge on any atom is -0.352 e. The highest BCUT2D eigenvalue weighted by Crippen LogP contribution is 2.32. The van der Waals surface area contributed by atoms with Gasteiger partial charge in [-0.25, -0.2) is 4.68 Å².